The summed E-state index contributed by atoms with van der Waals surface area (Å²) in [6.45, 7) is 7.64. The molecule has 0 aliphatic heterocycles. The summed E-state index contributed by atoms with van der Waals surface area (Å²) in [6, 6.07) is 5.58. The van der Waals surface area contributed by atoms with Crippen LogP contribution in [-0.4, -0.2) is 25.7 Å². The second-order valence-electron chi connectivity index (χ2n) is 3.51. The molecule has 0 spiro atoms. The van der Waals surface area contributed by atoms with E-state index < -0.39 is 0 Å². The first-order chi connectivity index (χ1) is 8.71. The SMILES string of the molecule is CCN=C(N)Nc1cc(OCC)ccc1OCC.I. The van der Waals surface area contributed by atoms with Crippen LogP contribution in [0.2, 0.25) is 0 Å². The van der Waals surface area contributed by atoms with Crippen LogP contribution < -0.4 is 20.5 Å². The number of aliphatic imine (C=N–C) groups is 1. The molecule has 0 heterocycles. The lowest BCUT2D eigenvalue weighted by atomic mass is 10.2. The van der Waals surface area contributed by atoms with Gasteiger partial charge in [-0.1, -0.05) is 0 Å². The lowest BCUT2D eigenvalue weighted by Gasteiger charge is -2.13. The minimum Gasteiger partial charge on any atom is -0.494 e. The summed E-state index contributed by atoms with van der Waals surface area (Å²) in [5.41, 5.74) is 6.51. The van der Waals surface area contributed by atoms with Gasteiger partial charge in [0.1, 0.15) is 11.5 Å². The summed E-state index contributed by atoms with van der Waals surface area (Å²) in [7, 11) is 0. The minimum absolute atomic E-state index is 0. The molecule has 1 aromatic carbocycles. The highest BCUT2D eigenvalue weighted by molar-refractivity contribution is 14.0. The fourth-order valence-electron chi connectivity index (χ4n) is 1.49. The van der Waals surface area contributed by atoms with Gasteiger partial charge >= 0.3 is 0 Å². The van der Waals surface area contributed by atoms with Crippen molar-refractivity contribution in [1.29, 1.82) is 0 Å². The minimum atomic E-state index is 0. The van der Waals surface area contributed by atoms with E-state index in [-0.39, 0.29) is 24.0 Å². The van der Waals surface area contributed by atoms with E-state index >= 15 is 0 Å². The molecule has 3 N–H and O–H groups in total. The van der Waals surface area contributed by atoms with Gasteiger partial charge in [-0.2, -0.15) is 0 Å². The molecule has 0 amide bonds. The molecule has 0 saturated carbocycles. The molecule has 19 heavy (non-hydrogen) atoms. The lowest BCUT2D eigenvalue weighted by molar-refractivity contribution is 0.332. The largest absolute Gasteiger partial charge is 0.494 e. The van der Waals surface area contributed by atoms with E-state index in [1.54, 1.807) is 0 Å². The van der Waals surface area contributed by atoms with Gasteiger partial charge in [-0.15, -0.1) is 24.0 Å². The predicted octanol–water partition coefficient (Wildman–Crippen LogP) is 2.85. The first-order valence-electron chi connectivity index (χ1n) is 6.17. The summed E-state index contributed by atoms with van der Waals surface area (Å²) in [5, 5.41) is 3.02. The van der Waals surface area contributed by atoms with E-state index in [4.69, 9.17) is 15.2 Å². The number of benzene rings is 1. The molecule has 1 aromatic rings. The van der Waals surface area contributed by atoms with E-state index in [1.807, 2.05) is 39.0 Å². The van der Waals surface area contributed by atoms with Crippen molar-refractivity contribution in [1.82, 2.24) is 0 Å². The fraction of sp³-hybridized carbons (Fsp3) is 0.462. The molecule has 0 aliphatic carbocycles. The second-order valence-corrected chi connectivity index (χ2v) is 3.51. The van der Waals surface area contributed by atoms with Gasteiger partial charge in [0.25, 0.3) is 0 Å². The smallest absolute Gasteiger partial charge is 0.193 e. The first kappa shape index (κ1) is 17.8. The van der Waals surface area contributed by atoms with Crippen LogP contribution in [-0.2, 0) is 0 Å². The molecule has 0 saturated heterocycles. The third kappa shape index (κ3) is 6.00. The third-order valence-electron chi connectivity index (χ3n) is 2.15. The third-order valence-corrected chi connectivity index (χ3v) is 2.15. The van der Waals surface area contributed by atoms with Crippen molar-refractivity contribution in [3.05, 3.63) is 18.2 Å². The molecule has 0 bridgehead atoms. The van der Waals surface area contributed by atoms with E-state index in [2.05, 4.69) is 10.3 Å². The molecule has 5 nitrogen and oxygen atoms in total. The molecule has 1 rings (SSSR count). The molecule has 0 atom stereocenters. The highest BCUT2D eigenvalue weighted by Gasteiger charge is 2.06. The number of nitrogens with zero attached hydrogens (tertiary/aromatic N) is 1. The molecular weight excluding hydrogens is 357 g/mol. The van der Waals surface area contributed by atoms with Crippen LogP contribution in [0.3, 0.4) is 0 Å². The van der Waals surface area contributed by atoms with Crippen molar-refractivity contribution in [2.24, 2.45) is 10.7 Å². The molecule has 108 valence electrons. The van der Waals surface area contributed by atoms with Gasteiger partial charge in [0.05, 0.1) is 18.9 Å². The van der Waals surface area contributed by atoms with Crippen LogP contribution in [0.15, 0.2) is 23.2 Å². The van der Waals surface area contributed by atoms with Gasteiger partial charge in [-0.3, -0.25) is 4.99 Å². The van der Waals surface area contributed by atoms with Gasteiger partial charge < -0.3 is 20.5 Å². The average Bonchev–Trinajstić information content (AvgIpc) is 2.33. The monoisotopic (exact) mass is 379 g/mol. The highest BCUT2D eigenvalue weighted by atomic mass is 127. The second kappa shape index (κ2) is 9.71. The van der Waals surface area contributed by atoms with E-state index in [0.29, 0.717) is 25.7 Å². The van der Waals surface area contributed by atoms with Crippen molar-refractivity contribution >= 4 is 35.6 Å². The Morgan fingerprint density at radius 3 is 2.47 bits per heavy atom. The Hall–Kier alpha value is -1.18. The Kier molecular flexibility index (Phi) is 9.11. The zero-order valence-corrected chi connectivity index (χ0v) is 13.9. The van der Waals surface area contributed by atoms with Crippen LogP contribution in [0, 0.1) is 0 Å². The number of halogens is 1. The lowest BCUT2D eigenvalue weighted by Crippen LogP contribution is -2.23. The molecule has 6 heteroatoms. The number of rotatable bonds is 6. The first-order valence-corrected chi connectivity index (χ1v) is 6.17. The van der Waals surface area contributed by atoms with E-state index in [9.17, 15) is 0 Å². The molecule has 0 radical (unpaired) electrons. The molecule has 0 aliphatic rings. The van der Waals surface area contributed by atoms with Crippen LogP contribution in [0.1, 0.15) is 20.8 Å². The van der Waals surface area contributed by atoms with Crippen molar-refractivity contribution in [3.63, 3.8) is 0 Å². The number of anilines is 1. The summed E-state index contributed by atoms with van der Waals surface area (Å²) < 4.78 is 11.0. The Bertz CT molecular complexity index is 411. The highest BCUT2D eigenvalue weighted by Crippen LogP contribution is 2.29. The molecule has 0 aromatic heterocycles. The normalized spacial score (nSPS) is 10.6. The van der Waals surface area contributed by atoms with Gasteiger partial charge in [-0.05, 0) is 32.9 Å². The standard InChI is InChI=1S/C13H21N3O2.HI/c1-4-15-13(14)16-11-9-10(17-5-2)7-8-12(11)18-6-3;/h7-9H,4-6H2,1-3H3,(H3,14,15,16);1H. The summed E-state index contributed by atoms with van der Waals surface area (Å²) in [4.78, 5) is 4.08. The Balaban J connectivity index is 0.00000324. The number of nitrogens with one attached hydrogen (secondary N) is 1. The van der Waals surface area contributed by atoms with Crippen LogP contribution in [0.4, 0.5) is 5.69 Å². The van der Waals surface area contributed by atoms with Gasteiger partial charge in [0.2, 0.25) is 0 Å². The Morgan fingerprint density at radius 2 is 1.89 bits per heavy atom. The number of nitrogens with two attached hydrogens (primary N) is 1. The molecule has 0 fully saturated rings. The average molecular weight is 379 g/mol. The predicted molar refractivity (Wildman–Crippen MR) is 90.0 cm³/mol. The Labute approximate surface area is 131 Å². The zero-order chi connectivity index (χ0) is 13.4. The number of ether oxygens (including phenoxy) is 2. The van der Waals surface area contributed by atoms with Crippen LogP contribution in [0.25, 0.3) is 0 Å². The van der Waals surface area contributed by atoms with Crippen molar-refractivity contribution < 1.29 is 9.47 Å². The fourth-order valence-corrected chi connectivity index (χ4v) is 1.49. The van der Waals surface area contributed by atoms with Gasteiger partial charge in [0.15, 0.2) is 5.96 Å². The van der Waals surface area contributed by atoms with Crippen LogP contribution in [0.5, 0.6) is 11.5 Å². The number of guanidine groups is 1. The van der Waals surface area contributed by atoms with Gasteiger partial charge in [-0.25, -0.2) is 0 Å². The summed E-state index contributed by atoms with van der Waals surface area (Å²) in [6.07, 6.45) is 0. The van der Waals surface area contributed by atoms with Crippen molar-refractivity contribution in [2.75, 3.05) is 25.1 Å². The van der Waals surface area contributed by atoms with Crippen LogP contribution >= 0.6 is 24.0 Å². The number of hydrogen-bond donors (Lipinski definition) is 2. The van der Waals surface area contributed by atoms with E-state index in [1.165, 1.54) is 0 Å². The summed E-state index contributed by atoms with van der Waals surface area (Å²) in [5.74, 6) is 1.87. The zero-order valence-electron chi connectivity index (χ0n) is 11.6. The molecular formula is C13H22IN3O2. The maximum absolute atomic E-state index is 5.75. The maximum atomic E-state index is 5.75. The van der Waals surface area contributed by atoms with Gasteiger partial charge in [0, 0.05) is 12.6 Å². The maximum Gasteiger partial charge on any atom is 0.193 e. The summed E-state index contributed by atoms with van der Waals surface area (Å²) >= 11 is 0. The Morgan fingerprint density at radius 1 is 1.21 bits per heavy atom. The molecule has 0 unspecified atom stereocenters. The van der Waals surface area contributed by atoms with Crippen molar-refractivity contribution in [2.45, 2.75) is 20.8 Å². The quantitative estimate of drug-likeness (QED) is 0.453. The van der Waals surface area contributed by atoms with E-state index in [0.717, 1.165) is 17.2 Å². The van der Waals surface area contributed by atoms with Crippen molar-refractivity contribution in [3.8, 4) is 11.5 Å². The number of hydrogen-bond acceptors (Lipinski definition) is 3. The topological polar surface area (TPSA) is 68.9 Å².